The van der Waals surface area contributed by atoms with Crippen molar-refractivity contribution in [3.63, 3.8) is 0 Å². The Kier molecular flexibility index (Phi) is 4.55. The lowest BCUT2D eigenvalue weighted by molar-refractivity contribution is -0.123. The molecule has 0 aromatic heterocycles. The van der Waals surface area contributed by atoms with Crippen LogP contribution in [0.25, 0.3) is 0 Å². The SMILES string of the molecule is CN(C)c1cccc(C(=O)NNC(=O)C[C@H]2C[C@@H]3CC[C@H]2C3)c1. The first-order valence-electron chi connectivity index (χ1n) is 8.39. The maximum atomic E-state index is 12.1. The molecular weight excluding hydrogens is 290 g/mol. The Bertz CT molecular complexity index is 600. The second-order valence-electron chi connectivity index (χ2n) is 7.09. The highest BCUT2D eigenvalue weighted by atomic mass is 16.2. The number of benzene rings is 1. The van der Waals surface area contributed by atoms with E-state index < -0.39 is 0 Å². The number of nitrogens with zero attached hydrogens (tertiary/aromatic N) is 1. The molecular formula is C18H25N3O2. The summed E-state index contributed by atoms with van der Waals surface area (Å²) in [5.41, 5.74) is 6.58. The summed E-state index contributed by atoms with van der Waals surface area (Å²) in [4.78, 5) is 26.1. The van der Waals surface area contributed by atoms with Gasteiger partial charge in [-0.05, 0) is 55.2 Å². The predicted molar refractivity (Wildman–Crippen MR) is 89.9 cm³/mol. The second kappa shape index (κ2) is 6.60. The summed E-state index contributed by atoms with van der Waals surface area (Å²) < 4.78 is 0. The molecule has 3 atom stereocenters. The first-order valence-corrected chi connectivity index (χ1v) is 8.39. The predicted octanol–water partition coefficient (Wildman–Crippen LogP) is 2.34. The van der Waals surface area contributed by atoms with Gasteiger partial charge in [0, 0.05) is 31.8 Å². The van der Waals surface area contributed by atoms with E-state index in [2.05, 4.69) is 10.9 Å². The van der Waals surface area contributed by atoms with Crippen molar-refractivity contribution in [2.45, 2.75) is 32.1 Å². The fourth-order valence-corrected chi connectivity index (χ4v) is 4.04. The zero-order chi connectivity index (χ0) is 16.4. The van der Waals surface area contributed by atoms with Crippen LogP contribution in [0.5, 0.6) is 0 Å². The number of hydrogen-bond donors (Lipinski definition) is 2. The van der Waals surface area contributed by atoms with E-state index in [1.165, 1.54) is 25.7 Å². The Morgan fingerprint density at radius 2 is 2.00 bits per heavy atom. The number of carbonyl (C=O) groups excluding carboxylic acids is 2. The minimum atomic E-state index is -0.282. The van der Waals surface area contributed by atoms with Crippen molar-refractivity contribution >= 4 is 17.5 Å². The summed E-state index contributed by atoms with van der Waals surface area (Å²) in [5, 5.41) is 0. The van der Waals surface area contributed by atoms with E-state index in [1.54, 1.807) is 12.1 Å². The maximum absolute atomic E-state index is 12.1. The summed E-state index contributed by atoms with van der Waals surface area (Å²) in [6.07, 6.45) is 5.60. The third-order valence-corrected chi connectivity index (χ3v) is 5.27. The van der Waals surface area contributed by atoms with Crippen LogP contribution >= 0.6 is 0 Å². The zero-order valence-electron chi connectivity index (χ0n) is 13.8. The molecule has 2 aliphatic carbocycles. The smallest absolute Gasteiger partial charge is 0.269 e. The van der Waals surface area contributed by atoms with Gasteiger partial charge < -0.3 is 4.90 Å². The van der Waals surface area contributed by atoms with E-state index >= 15 is 0 Å². The molecule has 0 unspecified atom stereocenters. The number of nitrogens with one attached hydrogen (secondary N) is 2. The Balaban J connectivity index is 1.48. The Morgan fingerprint density at radius 3 is 2.65 bits per heavy atom. The van der Waals surface area contributed by atoms with E-state index in [0.29, 0.717) is 17.9 Å². The summed E-state index contributed by atoms with van der Waals surface area (Å²) >= 11 is 0. The summed E-state index contributed by atoms with van der Waals surface area (Å²) in [7, 11) is 3.85. The average Bonchev–Trinajstić information content (AvgIpc) is 3.15. The number of carbonyl (C=O) groups is 2. The van der Waals surface area contributed by atoms with Crippen LogP contribution in [0.3, 0.4) is 0 Å². The molecule has 0 radical (unpaired) electrons. The van der Waals surface area contributed by atoms with Crippen LogP contribution in [0, 0.1) is 17.8 Å². The molecule has 0 saturated heterocycles. The van der Waals surface area contributed by atoms with Crippen molar-refractivity contribution < 1.29 is 9.59 Å². The molecule has 1 aromatic rings. The van der Waals surface area contributed by atoms with Crippen LogP contribution in [0.4, 0.5) is 5.69 Å². The van der Waals surface area contributed by atoms with Gasteiger partial charge in [-0.2, -0.15) is 0 Å². The molecule has 2 bridgehead atoms. The van der Waals surface area contributed by atoms with Gasteiger partial charge >= 0.3 is 0 Å². The molecule has 2 saturated carbocycles. The summed E-state index contributed by atoms with van der Waals surface area (Å²) in [6, 6.07) is 7.31. The molecule has 5 nitrogen and oxygen atoms in total. The zero-order valence-corrected chi connectivity index (χ0v) is 13.8. The Labute approximate surface area is 137 Å². The Hall–Kier alpha value is -2.04. The number of amides is 2. The van der Waals surface area contributed by atoms with Crippen molar-refractivity contribution in [3.8, 4) is 0 Å². The van der Waals surface area contributed by atoms with Gasteiger partial charge in [0.1, 0.15) is 0 Å². The minimum Gasteiger partial charge on any atom is -0.378 e. The van der Waals surface area contributed by atoms with E-state index in [9.17, 15) is 9.59 Å². The van der Waals surface area contributed by atoms with Crippen molar-refractivity contribution in [2.75, 3.05) is 19.0 Å². The van der Waals surface area contributed by atoms with Gasteiger partial charge in [0.2, 0.25) is 5.91 Å². The van der Waals surface area contributed by atoms with Crippen LogP contribution in [-0.2, 0) is 4.79 Å². The Morgan fingerprint density at radius 1 is 1.17 bits per heavy atom. The summed E-state index contributed by atoms with van der Waals surface area (Å²) in [6.45, 7) is 0. The van der Waals surface area contributed by atoms with Crippen molar-refractivity contribution in [1.82, 2.24) is 10.9 Å². The standard InChI is InChI=1S/C18H25N3O2/c1-21(2)16-5-3-4-14(10-16)18(23)20-19-17(22)11-15-9-12-6-7-13(15)8-12/h3-5,10,12-13,15H,6-9,11H2,1-2H3,(H,19,22)(H,20,23)/t12-,13+,15-/m1/s1. The number of rotatable bonds is 4. The molecule has 5 heteroatoms. The number of fused-ring (bicyclic) bond motifs is 2. The third-order valence-electron chi connectivity index (χ3n) is 5.27. The van der Waals surface area contributed by atoms with E-state index in [1.807, 2.05) is 31.1 Å². The van der Waals surface area contributed by atoms with Gasteiger partial charge in [-0.1, -0.05) is 12.5 Å². The second-order valence-corrected chi connectivity index (χ2v) is 7.09. The van der Waals surface area contributed by atoms with Crippen molar-refractivity contribution in [2.24, 2.45) is 17.8 Å². The highest BCUT2D eigenvalue weighted by Gasteiger charge is 2.40. The molecule has 1 aromatic carbocycles. The van der Waals surface area contributed by atoms with Crippen LogP contribution in [-0.4, -0.2) is 25.9 Å². The lowest BCUT2D eigenvalue weighted by atomic mass is 9.86. The fraction of sp³-hybridized carbons (Fsp3) is 0.556. The van der Waals surface area contributed by atoms with Gasteiger partial charge in [0.15, 0.2) is 0 Å². The van der Waals surface area contributed by atoms with Crippen molar-refractivity contribution in [3.05, 3.63) is 29.8 Å². The molecule has 2 N–H and O–H groups in total. The van der Waals surface area contributed by atoms with E-state index in [0.717, 1.165) is 17.5 Å². The molecule has 0 aliphatic heterocycles. The molecule has 2 amide bonds. The maximum Gasteiger partial charge on any atom is 0.269 e. The van der Waals surface area contributed by atoms with Gasteiger partial charge in [0.25, 0.3) is 5.91 Å². The quantitative estimate of drug-likeness (QED) is 0.838. The van der Waals surface area contributed by atoms with Crippen LogP contribution in [0.15, 0.2) is 24.3 Å². The molecule has 0 heterocycles. The van der Waals surface area contributed by atoms with Gasteiger partial charge in [-0.25, -0.2) is 0 Å². The molecule has 0 spiro atoms. The molecule has 124 valence electrons. The van der Waals surface area contributed by atoms with E-state index in [-0.39, 0.29) is 11.8 Å². The van der Waals surface area contributed by atoms with Gasteiger partial charge in [-0.3, -0.25) is 20.4 Å². The number of anilines is 1. The highest BCUT2D eigenvalue weighted by molar-refractivity contribution is 5.96. The van der Waals surface area contributed by atoms with Gasteiger partial charge in [0.05, 0.1) is 0 Å². The van der Waals surface area contributed by atoms with Gasteiger partial charge in [-0.15, -0.1) is 0 Å². The first kappa shape index (κ1) is 15.8. The lowest BCUT2D eigenvalue weighted by Crippen LogP contribution is -2.42. The first-order chi connectivity index (χ1) is 11.0. The molecule has 2 fully saturated rings. The monoisotopic (exact) mass is 315 g/mol. The van der Waals surface area contributed by atoms with E-state index in [4.69, 9.17) is 0 Å². The topological polar surface area (TPSA) is 61.4 Å². The highest BCUT2D eigenvalue weighted by Crippen LogP contribution is 2.49. The molecule has 2 aliphatic rings. The van der Waals surface area contributed by atoms with Crippen LogP contribution < -0.4 is 15.8 Å². The van der Waals surface area contributed by atoms with Crippen LogP contribution in [0.2, 0.25) is 0 Å². The average molecular weight is 315 g/mol. The lowest BCUT2D eigenvalue weighted by Gasteiger charge is -2.21. The van der Waals surface area contributed by atoms with Crippen LogP contribution in [0.1, 0.15) is 42.5 Å². The normalized spacial score (nSPS) is 25.2. The summed E-state index contributed by atoms with van der Waals surface area (Å²) in [5.74, 6) is 1.69. The number of hydrazine groups is 1. The third kappa shape index (κ3) is 3.66. The minimum absolute atomic E-state index is 0.0836. The van der Waals surface area contributed by atoms with Crippen molar-refractivity contribution in [1.29, 1.82) is 0 Å². The largest absolute Gasteiger partial charge is 0.378 e. The molecule has 23 heavy (non-hydrogen) atoms. The number of hydrogen-bond acceptors (Lipinski definition) is 3. The fourth-order valence-electron chi connectivity index (χ4n) is 4.04. The molecule has 3 rings (SSSR count).